The standard InChI is InChI=1S/C35H44N2O2/c1-27(24-28-14-17-32(18-15-28)39-23-22-37-20-7-3-4-8-21-37)36-35-13-6-5-12-34(35)31-11-9-10-29-26-33(38-2)19-16-30(29)25-31/h5-6,12-19,25-27,36H,3-4,7-11,20-24H2,1-2H3. The van der Waals surface area contributed by atoms with E-state index in [-0.39, 0.29) is 0 Å². The molecular weight excluding hydrogens is 480 g/mol. The third-order valence-corrected chi connectivity index (χ3v) is 8.09. The van der Waals surface area contributed by atoms with Crippen LogP contribution < -0.4 is 14.8 Å². The number of nitrogens with one attached hydrogen (secondary N) is 1. The van der Waals surface area contributed by atoms with E-state index >= 15 is 0 Å². The molecule has 1 unspecified atom stereocenters. The fourth-order valence-corrected chi connectivity index (χ4v) is 5.94. The maximum atomic E-state index is 6.07. The average Bonchev–Trinajstić information content (AvgIpc) is 3.35. The molecule has 0 amide bonds. The molecule has 0 radical (unpaired) electrons. The van der Waals surface area contributed by atoms with Crippen LogP contribution in [-0.4, -0.2) is 44.3 Å². The number of para-hydroxylation sites is 1. The molecule has 3 aromatic rings. The molecule has 1 saturated heterocycles. The van der Waals surface area contributed by atoms with Crippen molar-refractivity contribution in [2.45, 2.75) is 64.3 Å². The number of allylic oxidation sites excluding steroid dienone is 1. The van der Waals surface area contributed by atoms with Gasteiger partial charge in [0.05, 0.1) is 7.11 Å². The first kappa shape index (κ1) is 27.3. The van der Waals surface area contributed by atoms with Crippen LogP contribution in [0.3, 0.4) is 0 Å². The van der Waals surface area contributed by atoms with Crippen LogP contribution in [0.4, 0.5) is 5.69 Å². The molecule has 1 aliphatic heterocycles. The first-order valence-electron chi connectivity index (χ1n) is 14.9. The van der Waals surface area contributed by atoms with E-state index in [1.165, 1.54) is 72.3 Å². The molecule has 39 heavy (non-hydrogen) atoms. The lowest BCUT2D eigenvalue weighted by atomic mass is 9.98. The number of hydrogen-bond acceptors (Lipinski definition) is 4. The fraction of sp³-hybridized carbons (Fsp3) is 0.429. The molecule has 0 spiro atoms. The third-order valence-electron chi connectivity index (χ3n) is 8.09. The van der Waals surface area contributed by atoms with Crippen LogP contribution in [0, 0.1) is 0 Å². The predicted octanol–water partition coefficient (Wildman–Crippen LogP) is 7.87. The lowest BCUT2D eigenvalue weighted by molar-refractivity contribution is 0.214. The molecule has 1 atom stereocenters. The summed E-state index contributed by atoms with van der Waals surface area (Å²) in [7, 11) is 1.74. The zero-order chi connectivity index (χ0) is 26.9. The van der Waals surface area contributed by atoms with Crippen molar-refractivity contribution in [1.82, 2.24) is 4.90 Å². The molecule has 0 aromatic heterocycles. The SMILES string of the molecule is COc1ccc2c(c1)CCCC(c1ccccc1NC(C)Cc1ccc(OCCN3CCCCCC3)cc1)=C2. The van der Waals surface area contributed by atoms with Crippen molar-refractivity contribution in [2.24, 2.45) is 0 Å². The molecule has 1 N–H and O–H groups in total. The van der Waals surface area contributed by atoms with Crippen molar-refractivity contribution in [3.63, 3.8) is 0 Å². The average molecular weight is 525 g/mol. The first-order valence-corrected chi connectivity index (χ1v) is 14.9. The minimum Gasteiger partial charge on any atom is -0.497 e. The monoisotopic (exact) mass is 524 g/mol. The van der Waals surface area contributed by atoms with E-state index in [2.05, 4.69) is 89.9 Å². The number of rotatable bonds is 10. The second kappa shape index (κ2) is 13.7. The summed E-state index contributed by atoms with van der Waals surface area (Å²) in [6.07, 6.45) is 12.0. The zero-order valence-electron chi connectivity index (χ0n) is 23.8. The van der Waals surface area contributed by atoms with Crippen molar-refractivity contribution in [1.29, 1.82) is 0 Å². The van der Waals surface area contributed by atoms with Gasteiger partial charge in [-0.25, -0.2) is 0 Å². The molecule has 1 fully saturated rings. The number of nitrogens with zero attached hydrogens (tertiary/aromatic N) is 1. The number of hydrogen-bond donors (Lipinski definition) is 1. The topological polar surface area (TPSA) is 33.7 Å². The summed E-state index contributed by atoms with van der Waals surface area (Å²) in [6, 6.07) is 24.2. The molecule has 2 aliphatic rings. The van der Waals surface area contributed by atoms with Gasteiger partial charge in [-0.1, -0.05) is 55.3 Å². The highest BCUT2D eigenvalue weighted by atomic mass is 16.5. The van der Waals surface area contributed by atoms with E-state index in [0.29, 0.717) is 6.04 Å². The van der Waals surface area contributed by atoms with E-state index in [0.717, 1.165) is 50.3 Å². The van der Waals surface area contributed by atoms with Gasteiger partial charge < -0.3 is 14.8 Å². The van der Waals surface area contributed by atoms with Gasteiger partial charge in [0.2, 0.25) is 0 Å². The Hall–Kier alpha value is -3.24. The highest BCUT2D eigenvalue weighted by molar-refractivity contribution is 5.88. The molecule has 3 aromatic carbocycles. The summed E-state index contributed by atoms with van der Waals surface area (Å²) in [5.74, 6) is 1.91. The van der Waals surface area contributed by atoms with Crippen LogP contribution in [-0.2, 0) is 12.8 Å². The number of benzene rings is 3. The maximum Gasteiger partial charge on any atom is 0.119 e. The van der Waals surface area contributed by atoms with Crippen LogP contribution in [0.5, 0.6) is 11.5 Å². The Bertz CT molecular complexity index is 1230. The van der Waals surface area contributed by atoms with E-state index < -0.39 is 0 Å². The lowest BCUT2D eigenvalue weighted by Crippen LogP contribution is -2.29. The Morgan fingerprint density at radius 2 is 1.62 bits per heavy atom. The minimum atomic E-state index is 0.309. The molecule has 4 heteroatoms. The number of methoxy groups -OCH3 is 1. The smallest absolute Gasteiger partial charge is 0.119 e. The van der Waals surface area contributed by atoms with Crippen LogP contribution in [0.25, 0.3) is 11.6 Å². The summed E-state index contributed by atoms with van der Waals surface area (Å²) in [6.45, 7) is 6.50. The number of likely N-dealkylation sites (tertiary alicyclic amines) is 1. The van der Waals surface area contributed by atoms with Crippen molar-refractivity contribution in [3.8, 4) is 11.5 Å². The van der Waals surface area contributed by atoms with E-state index in [1.54, 1.807) is 7.11 Å². The van der Waals surface area contributed by atoms with E-state index in [4.69, 9.17) is 9.47 Å². The van der Waals surface area contributed by atoms with Gasteiger partial charge in [0, 0.05) is 23.8 Å². The summed E-state index contributed by atoms with van der Waals surface area (Å²) >= 11 is 0. The van der Waals surface area contributed by atoms with Crippen molar-refractivity contribution >= 4 is 17.3 Å². The van der Waals surface area contributed by atoms with Crippen LogP contribution in [0.2, 0.25) is 0 Å². The Balaban J connectivity index is 1.18. The van der Waals surface area contributed by atoms with E-state index in [1.807, 2.05) is 0 Å². The molecule has 1 aliphatic carbocycles. The van der Waals surface area contributed by atoms with Crippen LogP contribution in [0.1, 0.15) is 67.7 Å². The predicted molar refractivity (Wildman–Crippen MR) is 164 cm³/mol. The summed E-state index contributed by atoms with van der Waals surface area (Å²) in [5, 5.41) is 3.81. The highest BCUT2D eigenvalue weighted by Crippen LogP contribution is 2.34. The number of anilines is 1. The van der Waals surface area contributed by atoms with Gasteiger partial charge >= 0.3 is 0 Å². The molecule has 0 saturated carbocycles. The molecule has 4 nitrogen and oxygen atoms in total. The van der Waals surface area contributed by atoms with Crippen molar-refractivity contribution in [3.05, 3.63) is 89.0 Å². The second-order valence-electron chi connectivity index (χ2n) is 11.1. The molecular formula is C35H44N2O2. The molecule has 206 valence electrons. The van der Waals surface area contributed by atoms with Crippen molar-refractivity contribution < 1.29 is 9.47 Å². The Labute approximate surface area is 235 Å². The zero-order valence-corrected chi connectivity index (χ0v) is 23.8. The quantitative estimate of drug-likeness (QED) is 0.293. The van der Waals surface area contributed by atoms with Gasteiger partial charge in [-0.3, -0.25) is 4.90 Å². The normalized spacial score (nSPS) is 16.8. The fourth-order valence-electron chi connectivity index (χ4n) is 5.94. The van der Waals surface area contributed by atoms with Gasteiger partial charge in [0.25, 0.3) is 0 Å². The molecule has 5 rings (SSSR count). The van der Waals surface area contributed by atoms with Gasteiger partial charge in [0.1, 0.15) is 18.1 Å². The van der Waals surface area contributed by atoms with Gasteiger partial charge in [-0.05, 0) is 111 Å². The Kier molecular flexibility index (Phi) is 9.61. The van der Waals surface area contributed by atoms with Gasteiger partial charge in [-0.15, -0.1) is 0 Å². The van der Waals surface area contributed by atoms with Crippen LogP contribution >= 0.6 is 0 Å². The van der Waals surface area contributed by atoms with Crippen molar-refractivity contribution in [2.75, 3.05) is 38.7 Å². The summed E-state index contributed by atoms with van der Waals surface area (Å²) < 4.78 is 11.5. The highest BCUT2D eigenvalue weighted by Gasteiger charge is 2.15. The number of aryl methyl sites for hydroxylation is 1. The van der Waals surface area contributed by atoms with Gasteiger partial charge in [0.15, 0.2) is 0 Å². The third kappa shape index (κ3) is 7.67. The number of fused-ring (bicyclic) bond motifs is 1. The number of ether oxygens (including phenoxy) is 2. The summed E-state index contributed by atoms with van der Waals surface area (Å²) in [4.78, 5) is 2.55. The van der Waals surface area contributed by atoms with Gasteiger partial charge in [-0.2, -0.15) is 0 Å². The summed E-state index contributed by atoms with van der Waals surface area (Å²) in [5.41, 5.74) is 7.92. The minimum absolute atomic E-state index is 0.309. The molecule has 0 bridgehead atoms. The molecule has 1 heterocycles. The Morgan fingerprint density at radius 3 is 2.41 bits per heavy atom. The first-order chi connectivity index (χ1) is 19.2. The second-order valence-corrected chi connectivity index (χ2v) is 11.1. The maximum absolute atomic E-state index is 6.07. The van der Waals surface area contributed by atoms with Crippen LogP contribution in [0.15, 0.2) is 66.7 Å². The lowest BCUT2D eigenvalue weighted by Gasteiger charge is -2.20. The largest absolute Gasteiger partial charge is 0.497 e. The van der Waals surface area contributed by atoms with E-state index in [9.17, 15) is 0 Å². The Morgan fingerprint density at radius 1 is 0.846 bits per heavy atom.